The van der Waals surface area contributed by atoms with Gasteiger partial charge in [0.25, 0.3) is 0 Å². The first-order chi connectivity index (χ1) is 9.58. The fourth-order valence-electron chi connectivity index (χ4n) is 1.76. The van der Waals surface area contributed by atoms with Crippen molar-refractivity contribution in [1.29, 1.82) is 0 Å². The zero-order valence-electron chi connectivity index (χ0n) is 12.3. The Morgan fingerprint density at radius 3 is 2.90 bits per heavy atom. The van der Waals surface area contributed by atoms with Gasteiger partial charge in [0.1, 0.15) is 0 Å². The van der Waals surface area contributed by atoms with Crippen LogP contribution in [0.4, 0.5) is 0 Å². The molecule has 0 saturated heterocycles. The van der Waals surface area contributed by atoms with Crippen molar-refractivity contribution in [3.8, 4) is 0 Å². The standard InChI is InChI=1S/C16H24ClNO2/c1-13(2)12-20-10-4-9-18-16(19)8-7-14-5-3-6-15(17)11-14/h3,5-6,11,13H,4,7-10,12H2,1-2H3,(H,18,19). The van der Waals surface area contributed by atoms with E-state index in [-0.39, 0.29) is 5.91 Å². The number of benzene rings is 1. The SMILES string of the molecule is CC(C)COCCCNC(=O)CCc1cccc(Cl)c1. The lowest BCUT2D eigenvalue weighted by Gasteiger charge is -2.08. The molecule has 20 heavy (non-hydrogen) atoms. The molecule has 0 unspecified atom stereocenters. The molecule has 0 aliphatic heterocycles. The summed E-state index contributed by atoms with van der Waals surface area (Å²) in [5.74, 6) is 0.635. The van der Waals surface area contributed by atoms with E-state index in [4.69, 9.17) is 16.3 Å². The third kappa shape index (κ3) is 8.18. The summed E-state index contributed by atoms with van der Waals surface area (Å²) in [5, 5.41) is 3.62. The van der Waals surface area contributed by atoms with Crippen LogP contribution >= 0.6 is 11.6 Å². The quantitative estimate of drug-likeness (QED) is 0.709. The van der Waals surface area contributed by atoms with E-state index in [1.165, 1.54) is 0 Å². The lowest BCUT2D eigenvalue weighted by molar-refractivity contribution is -0.121. The molecular formula is C16H24ClNO2. The molecule has 4 heteroatoms. The maximum Gasteiger partial charge on any atom is 0.220 e. The van der Waals surface area contributed by atoms with Gasteiger partial charge in [-0.15, -0.1) is 0 Å². The summed E-state index contributed by atoms with van der Waals surface area (Å²) in [6, 6.07) is 7.62. The van der Waals surface area contributed by atoms with Gasteiger partial charge in [0.05, 0.1) is 0 Å². The first-order valence-electron chi connectivity index (χ1n) is 7.17. The monoisotopic (exact) mass is 297 g/mol. The third-order valence-corrected chi connectivity index (χ3v) is 3.00. The van der Waals surface area contributed by atoms with Crippen LogP contribution in [0.15, 0.2) is 24.3 Å². The van der Waals surface area contributed by atoms with Gasteiger partial charge in [0.15, 0.2) is 0 Å². The van der Waals surface area contributed by atoms with E-state index in [1.54, 1.807) is 0 Å². The second-order valence-corrected chi connectivity index (χ2v) is 5.74. The maximum absolute atomic E-state index is 11.7. The number of nitrogens with one attached hydrogen (secondary N) is 1. The number of amides is 1. The summed E-state index contributed by atoms with van der Waals surface area (Å²) in [6.45, 7) is 6.40. The van der Waals surface area contributed by atoms with Crippen LogP contribution in [0, 0.1) is 5.92 Å². The van der Waals surface area contributed by atoms with Crippen LogP contribution in [0.3, 0.4) is 0 Å². The van der Waals surface area contributed by atoms with Crippen molar-refractivity contribution in [2.24, 2.45) is 5.92 Å². The fraction of sp³-hybridized carbons (Fsp3) is 0.562. The molecule has 0 atom stereocenters. The molecule has 0 bridgehead atoms. The van der Waals surface area contributed by atoms with Crippen molar-refractivity contribution in [3.05, 3.63) is 34.9 Å². The zero-order chi connectivity index (χ0) is 14.8. The molecule has 1 rings (SSSR count). The highest BCUT2D eigenvalue weighted by Crippen LogP contribution is 2.11. The minimum atomic E-state index is 0.0776. The van der Waals surface area contributed by atoms with Gasteiger partial charge in [-0.3, -0.25) is 4.79 Å². The van der Waals surface area contributed by atoms with Gasteiger partial charge < -0.3 is 10.1 Å². The zero-order valence-corrected chi connectivity index (χ0v) is 13.1. The molecule has 0 fully saturated rings. The summed E-state index contributed by atoms with van der Waals surface area (Å²) in [6.07, 6.45) is 2.07. The first kappa shape index (κ1) is 17.0. The predicted molar refractivity (Wildman–Crippen MR) is 83.1 cm³/mol. The highest BCUT2D eigenvalue weighted by atomic mass is 35.5. The first-order valence-corrected chi connectivity index (χ1v) is 7.54. The Kier molecular flexibility index (Phi) is 8.31. The Bertz CT molecular complexity index is 407. The average Bonchev–Trinajstić information content (AvgIpc) is 2.40. The molecule has 0 aromatic heterocycles. The van der Waals surface area contributed by atoms with E-state index in [0.717, 1.165) is 25.0 Å². The summed E-state index contributed by atoms with van der Waals surface area (Å²) in [5.41, 5.74) is 1.09. The van der Waals surface area contributed by atoms with E-state index in [9.17, 15) is 4.79 Å². The van der Waals surface area contributed by atoms with Crippen LogP contribution in [0.1, 0.15) is 32.3 Å². The summed E-state index contributed by atoms with van der Waals surface area (Å²) in [4.78, 5) is 11.7. The molecule has 1 N–H and O–H groups in total. The van der Waals surface area contributed by atoms with Crippen molar-refractivity contribution < 1.29 is 9.53 Å². The van der Waals surface area contributed by atoms with E-state index in [1.807, 2.05) is 24.3 Å². The summed E-state index contributed by atoms with van der Waals surface area (Å²) >= 11 is 5.90. The molecule has 0 saturated carbocycles. The van der Waals surface area contributed by atoms with Gasteiger partial charge in [0.2, 0.25) is 5.91 Å². The Hall–Kier alpha value is -1.06. The Balaban J connectivity index is 2.06. The molecule has 1 amide bonds. The highest BCUT2D eigenvalue weighted by molar-refractivity contribution is 6.30. The number of carbonyl (C=O) groups excluding carboxylic acids is 1. The number of hydrogen-bond acceptors (Lipinski definition) is 2. The molecule has 0 spiro atoms. The Morgan fingerprint density at radius 1 is 1.40 bits per heavy atom. The number of aryl methyl sites for hydroxylation is 1. The maximum atomic E-state index is 11.7. The molecular weight excluding hydrogens is 274 g/mol. The number of rotatable bonds is 9. The normalized spacial score (nSPS) is 10.8. The van der Waals surface area contributed by atoms with Gasteiger partial charge in [-0.05, 0) is 36.5 Å². The van der Waals surface area contributed by atoms with Gasteiger partial charge in [0, 0.05) is 31.2 Å². The second-order valence-electron chi connectivity index (χ2n) is 5.30. The lowest BCUT2D eigenvalue weighted by atomic mass is 10.1. The highest BCUT2D eigenvalue weighted by Gasteiger charge is 2.02. The molecule has 0 aliphatic rings. The molecule has 112 valence electrons. The molecule has 1 aromatic rings. The van der Waals surface area contributed by atoms with Crippen molar-refractivity contribution in [2.75, 3.05) is 19.8 Å². The van der Waals surface area contributed by atoms with E-state index >= 15 is 0 Å². The van der Waals surface area contributed by atoms with Crippen LogP contribution in [0.2, 0.25) is 5.02 Å². The summed E-state index contributed by atoms with van der Waals surface area (Å²) in [7, 11) is 0. The average molecular weight is 298 g/mol. The van der Waals surface area contributed by atoms with Crippen molar-refractivity contribution in [2.45, 2.75) is 33.1 Å². The Morgan fingerprint density at radius 2 is 2.20 bits per heavy atom. The third-order valence-electron chi connectivity index (χ3n) is 2.77. The van der Waals surface area contributed by atoms with Crippen molar-refractivity contribution >= 4 is 17.5 Å². The smallest absolute Gasteiger partial charge is 0.220 e. The second kappa shape index (κ2) is 9.78. The number of hydrogen-bond donors (Lipinski definition) is 1. The van der Waals surface area contributed by atoms with Crippen LogP contribution in [0.25, 0.3) is 0 Å². The van der Waals surface area contributed by atoms with E-state index < -0.39 is 0 Å². The molecule has 0 radical (unpaired) electrons. The molecule has 0 aliphatic carbocycles. The van der Waals surface area contributed by atoms with E-state index in [2.05, 4.69) is 19.2 Å². The van der Waals surface area contributed by atoms with Crippen LogP contribution in [0.5, 0.6) is 0 Å². The largest absolute Gasteiger partial charge is 0.381 e. The van der Waals surface area contributed by atoms with Gasteiger partial charge in [-0.25, -0.2) is 0 Å². The summed E-state index contributed by atoms with van der Waals surface area (Å²) < 4.78 is 5.45. The number of ether oxygens (including phenoxy) is 1. The lowest BCUT2D eigenvalue weighted by Crippen LogP contribution is -2.25. The van der Waals surface area contributed by atoms with Crippen LogP contribution < -0.4 is 5.32 Å². The van der Waals surface area contributed by atoms with Crippen molar-refractivity contribution in [3.63, 3.8) is 0 Å². The minimum Gasteiger partial charge on any atom is -0.381 e. The Labute approximate surface area is 126 Å². The van der Waals surface area contributed by atoms with Gasteiger partial charge >= 0.3 is 0 Å². The van der Waals surface area contributed by atoms with Crippen LogP contribution in [-0.2, 0) is 16.0 Å². The minimum absolute atomic E-state index is 0.0776. The number of carbonyl (C=O) groups is 1. The molecule has 3 nitrogen and oxygen atoms in total. The van der Waals surface area contributed by atoms with Gasteiger partial charge in [-0.2, -0.15) is 0 Å². The topological polar surface area (TPSA) is 38.3 Å². The van der Waals surface area contributed by atoms with Crippen molar-refractivity contribution in [1.82, 2.24) is 5.32 Å². The predicted octanol–water partition coefficient (Wildman–Crippen LogP) is 3.45. The molecule has 0 heterocycles. The van der Waals surface area contributed by atoms with Gasteiger partial charge in [-0.1, -0.05) is 37.6 Å². The van der Waals surface area contributed by atoms with E-state index in [0.29, 0.717) is 30.5 Å². The number of halogens is 1. The molecule has 1 aromatic carbocycles. The van der Waals surface area contributed by atoms with Crippen LogP contribution in [-0.4, -0.2) is 25.7 Å². The fourth-order valence-corrected chi connectivity index (χ4v) is 1.97.